The first-order valence-electron chi connectivity index (χ1n) is 7.11. The normalized spacial score (nSPS) is 14.2. The second-order valence-corrected chi connectivity index (χ2v) is 5.85. The van der Waals surface area contributed by atoms with Gasteiger partial charge in [0.25, 0.3) is 0 Å². The minimum absolute atomic E-state index is 0.492. The van der Waals surface area contributed by atoms with Crippen LogP contribution in [0.2, 0.25) is 5.02 Å². The summed E-state index contributed by atoms with van der Waals surface area (Å²) in [6.45, 7) is 4.68. The number of ether oxygens (including phenoxy) is 1. The van der Waals surface area contributed by atoms with Gasteiger partial charge in [-0.2, -0.15) is 0 Å². The molecule has 0 saturated heterocycles. The van der Waals surface area contributed by atoms with Gasteiger partial charge in [-0.3, -0.25) is 4.98 Å². The van der Waals surface area contributed by atoms with Crippen LogP contribution >= 0.6 is 11.6 Å². The molecule has 1 aliphatic rings. The predicted molar refractivity (Wildman–Crippen MR) is 82.9 cm³/mol. The summed E-state index contributed by atoms with van der Waals surface area (Å²) >= 11 is 6.15. The fourth-order valence-corrected chi connectivity index (χ4v) is 2.22. The first-order valence-corrected chi connectivity index (χ1v) is 7.48. The molecule has 0 aliphatic heterocycles. The fraction of sp³-hybridized carbons (Fsp3) is 0.375. The smallest absolute Gasteiger partial charge is 0.237 e. The summed E-state index contributed by atoms with van der Waals surface area (Å²) in [4.78, 5) is 8.66. The number of aromatic nitrogens is 2. The maximum absolute atomic E-state index is 6.15. The second-order valence-electron chi connectivity index (χ2n) is 5.47. The van der Waals surface area contributed by atoms with Crippen molar-refractivity contribution < 1.29 is 4.74 Å². The molecule has 21 heavy (non-hydrogen) atoms. The van der Waals surface area contributed by atoms with E-state index in [1.165, 1.54) is 12.8 Å². The van der Waals surface area contributed by atoms with Gasteiger partial charge in [0.05, 0.1) is 18.1 Å². The summed E-state index contributed by atoms with van der Waals surface area (Å²) < 4.78 is 5.74. The Morgan fingerprint density at radius 3 is 2.48 bits per heavy atom. The van der Waals surface area contributed by atoms with Crippen LogP contribution < -0.4 is 10.1 Å². The Balaban J connectivity index is 1.66. The topological polar surface area (TPSA) is 47.0 Å². The second kappa shape index (κ2) is 6.00. The monoisotopic (exact) mass is 303 g/mol. The molecule has 1 aromatic heterocycles. The molecule has 0 bridgehead atoms. The van der Waals surface area contributed by atoms with E-state index in [1.807, 2.05) is 26.0 Å². The number of aryl methyl sites for hydroxylation is 2. The number of halogens is 1. The summed E-state index contributed by atoms with van der Waals surface area (Å²) in [5, 5.41) is 4.18. The van der Waals surface area contributed by atoms with E-state index in [2.05, 4.69) is 15.3 Å². The summed E-state index contributed by atoms with van der Waals surface area (Å²) in [7, 11) is 0. The number of nitrogens with one attached hydrogen (secondary N) is 1. The third kappa shape index (κ3) is 3.71. The lowest BCUT2D eigenvalue weighted by atomic mass is 10.1. The highest BCUT2D eigenvalue weighted by molar-refractivity contribution is 6.32. The zero-order valence-corrected chi connectivity index (χ0v) is 12.9. The van der Waals surface area contributed by atoms with Crippen LogP contribution in [0.3, 0.4) is 0 Å². The molecule has 1 heterocycles. The Morgan fingerprint density at radius 1 is 1.19 bits per heavy atom. The van der Waals surface area contributed by atoms with Gasteiger partial charge in [-0.05, 0) is 49.9 Å². The number of hydrogen-bond acceptors (Lipinski definition) is 4. The standard InChI is InChI=1S/C16H18ClN3O/c1-10-5-14(6-11(2)16(10)17)21-15-9-19-13(8-20-15)7-18-12-3-4-12/h5-6,8-9,12,18H,3-4,7H2,1-2H3. The highest BCUT2D eigenvalue weighted by Gasteiger charge is 2.20. The zero-order chi connectivity index (χ0) is 14.8. The van der Waals surface area contributed by atoms with Crippen molar-refractivity contribution in [1.82, 2.24) is 15.3 Å². The third-order valence-corrected chi connectivity index (χ3v) is 4.06. The third-order valence-electron chi connectivity index (χ3n) is 3.46. The largest absolute Gasteiger partial charge is 0.437 e. The highest BCUT2D eigenvalue weighted by Crippen LogP contribution is 2.28. The van der Waals surface area contributed by atoms with Crippen molar-refractivity contribution in [2.75, 3.05) is 0 Å². The van der Waals surface area contributed by atoms with Gasteiger partial charge in [0.2, 0.25) is 5.88 Å². The van der Waals surface area contributed by atoms with Gasteiger partial charge >= 0.3 is 0 Å². The van der Waals surface area contributed by atoms with E-state index in [4.69, 9.17) is 16.3 Å². The Hall–Kier alpha value is -1.65. The number of hydrogen-bond donors (Lipinski definition) is 1. The Labute approximate surface area is 129 Å². The van der Waals surface area contributed by atoms with Gasteiger partial charge in [0.15, 0.2) is 0 Å². The lowest BCUT2D eigenvalue weighted by Gasteiger charge is -2.09. The SMILES string of the molecule is Cc1cc(Oc2cnc(CNC3CC3)cn2)cc(C)c1Cl. The minimum Gasteiger partial charge on any atom is -0.437 e. The van der Waals surface area contributed by atoms with Crippen LogP contribution in [-0.2, 0) is 6.54 Å². The summed E-state index contributed by atoms with van der Waals surface area (Å²) in [5.74, 6) is 1.22. The van der Waals surface area contributed by atoms with Gasteiger partial charge in [0.1, 0.15) is 5.75 Å². The van der Waals surface area contributed by atoms with E-state index in [0.29, 0.717) is 11.9 Å². The molecule has 1 fully saturated rings. The van der Waals surface area contributed by atoms with Gasteiger partial charge in [-0.1, -0.05) is 11.6 Å². The Bertz CT molecular complexity index is 615. The van der Waals surface area contributed by atoms with E-state index >= 15 is 0 Å². The summed E-state index contributed by atoms with van der Waals surface area (Å²) in [6, 6.07) is 4.47. The van der Waals surface area contributed by atoms with Crippen molar-refractivity contribution in [1.29, 1.82) is 0 Å². The fourth-order valence-electron chi connectivity index (χ4n) is 2.11. The van der Waals surface area contributed by atoms with Gasteiger partial charge in [-0.25, -0.2) is 4.98 Å². The van der Waals surface area contributed by atoms with Crippen LogP contribution in [0.15, 0.2) is 24.5 Å². The highest BCUT2D eigenvalue weighted by atomic mass is 35.5. The molecule has 1 aromatic carbocycles. The van der Waals surface area contributed by atoms with E-state index in [9.17, 15) is 0 Å². The predicted octanol–water partition coefficient (Wildman–Crippen LogP) is 3.79. The van der Waals surface area contributed by atoms with Gasteiger partial charge in [0, 0.05) is 17.6 Å². The number of benzene rings is 1. The van der Waals surface area contributed by atoms with Crippen LogP contribution in [-0.4, -0.2) is 16.0 Å². The molecular weight excluding hydrogens is 286 g/mol. The van der Waals surface area contributed by atoms with Crippen LogP contribution in [0, 0.1) is 13.8 Å². The molecule has 3 rings (SSSR count). The average Bonchev–Trinajstić information content (AvgIpc) is 3.28. The zero-order valence-electron chi connectivity index (χ0n) is 12.2. The van der Waals surface area contributed by atoms with Crippen molar-refractivity contribution >= 4 is 11.6 Å². The van der Waals surface area contributed by atoms with Gasteiger partial charge < -0.3 is 10.1 Å². The molecule has 0 unspecified atom stereocenters. The molecule has 2 aromatic rings. The van der Waals surface area contributed by atoms with Crippen LogP contribution in [0.5, 0.6) is 11.6 Å². The number of rotatable bonds is 5. The Morgan fingerprint density at radius 2 is 1.90 bits per heavy atom. The van der Waals surface area contributed by atoms with E-state index in [1.54, 1.807) is 12.4 Å². The molecule has 0 spiro atoms. The number of nitrogens with zero attached hydrogens (tertiary/aromatic N) is 2. The average molecular weight is 304 g/mol. The maximum Gasteiger partial charge on any atom is 0.237 e. The molecule has 0 atom stereocenters. The first kappa shape index (κ1) is 14.3. The molecule has 110 valence electrons. The summed E-state index contributed by atoms with van der Waals surface area (Å²) in [6.07, 6.45) is 5.94. The molecule has 0 amide bonds. The van der Waals surface area contributed by atoms with Crippen molar-refractivity contribution in [2.45, 2.75) is 39.3 Å². The van der Waals surface area contributed by atoms with Crippen molar-refractivity contribution in [3.63, 3.8) is 0 Å². The molecule has 0 radical (unpaired) electrons. The lowest BCUT2D eigenvalue weighted by Crippen LogP contribution is -2.16. The van der Waals surface area contributed by atoms with Crippen molar-refractivity contribution in [3.8, 4) is 11.6 Å². The minimum atomic E-state index is 0.492. The quantitative estimate of drug-likeness (QED) is 0.913. The van der Waals surface area contributed by atoms with Crippen LogP contribution in [0.4, 0.5) is 0 Å². The van der Waals surface area contributed by atoms with Gasteiger partial charge in [-0.15, -0.1) is 0 Å². The summed E-state index contributed by atoms with van der Waals surface area (Å²) in [5.41, 5.74) is 2.91. The van der Waals surface area contributed by atoms with Crippen molar-refractivity contribution in [3.05, 3.63) is 46.4 Å². The maximum atomic E-state index is 6.15. The lowest BCUT2D eigenvalue weighted by molar-refractivity contribution is 0.458. The molecule has 1 aliphatic carbocycles. The van der Waals surface area contributed by atoms with Crippen LogP contribution in [0.25, 0.3) is 0 Å². The molecule has 5 heteroatoms. The molecule has 1 saturated carbocycles. The van der Waals surface area contributed by atoms with E-state index < -0.39 is 0 Å². The van der Waals surface area contributed by atoms with Crippen LogP contribution in [0.1, 0.15) is 29.7 Å². The molecule has 1 N–H and O–H groups in total. The van der Waals surface area contributed by atoms with Crippen molar-refractivity contribution in [2.24, 2.45) is 0 Å². The molecular formula is C16H18ClN3O. The first-order chi connectivity index (χ1) is 10.1. The van der Waals surface area contributed by atoms with E-state index in [0.717, 1.165) is 34.1 Å². The molecule has 4 nitrogen and oxygen atoms in total. The van der Waals surface area contributed by atoms with E-state index in [-0.39, 0.29) is 0 Å². The Kier molecular flexibility index (Phi) is 4.08.